The molecular weight excluding hydrogens is 378 g/mol. The molecule has 4 nitrogen and oxygen atoms in total. The van der Waals surface area contributed by atoms with E-state index in [1.165, 1.54) is 0 Å². The molecule has 1 aliphatic heterocycles. The Morgan fingerprint density at radius 1 is 1.37 bits per heavy atom. The van der Waals surface area contributed by atoms with Crippen LogP contribution in [0.15, 0.2) is 27.1 Å². The van der Waals surface area contributed by atoms with E-state index in [9.17, 15) is 9.59 Å². The first-order chi connectivity index (χ1) is 8.97. The summed E-state index contributed by atoms with van der Waals surface area (Å²) in [5, 5.41) is 8.78. The molecule has 0 aromatic heterocycles. The average molecular weight is 391 g/mol. The molecule has 6 heteroatoms. The van der Waals surface area contributed by atoms with Gasteiger partial charge in [0.2, 0.25) is 0 Å². The zero-order valence-electron chi connectivity index (χ0n) is 10.1. The molecule has 1 aliphatic rings. The van der Waals surface area contributed by atoms with Crippen LogP contribution in [0.2, 0.25) is 0 Å². The Labute approximate surface area is 128 Å². The number of benzene rings is 1. The lowest BCUT2D eigenvalue weighted by molar-refractivity contribution is -0.138. The number of hydrogen-bond donors (Lipinski definition) is 1. The summed E-state index contributed by atoms with van der Waals surface area (Å²) in [6.07, 6.45) is 0.882. The van der Waals surface area contributed by atoms with Gasteiger partial charge >= 0.3 is 5.97 Å². The predicted molar refractivity (Wildman–Crippen MR) is 78.1 cm³/mol. The molecule has 1 heterocycles. The van der Waals surface area contributed by atoms with E-state index in [-0.39, 0.29) is 18.2 Å². The predicted octanol–water partition coefficient (Wildman–Crippen LogP) is 3.15. The molecule has 1 amide bonds. The van der Waals surface area contributed by atoms with Crippen LogP contribution in [0.3, 0.4) is 0 Å². The number of hydrogen-bond acceptors (Lipinski definition) is 2. The largest absolute Gasteiger partial charge is 0.481 e. The lowest BCUT2D eigenvalue weighted by Gasteiger charge is -2.17. The van der Waals surface area contributed by atoms with Crippen molar-refractivity contribution in [1.29, 1.82) is 0 Å². The highest BCUT2D eigenvalue weighted by Gasteiger charge is 2.29. The summed E-state index contributed by atoms with van der Waals surface area (Å²) in [7, 11) is 0. The van der Waals surface area contributed by atoms with Crippen LogP contribution in [0.4, 0.5) is 0 Å². The van der Waals surface area contributed by atoms with Gasteiger partial charge in [0.15, 0.2) is 0 Å². The number of nitrogens with zero attached hydrogens (tertiary/aromatic N) is 1. The van der Waals surface area contributed by atoms with E-state index in [2.05, 4.69) is 31.9 Å². The Kier molecular flexibility index (Phi) is 4.62. The summed E-state index contributed by atoms with van der Waals surface area (Å²) in [4.78, 5) is 24.8. The van der Waals surface area contributed by atoms with Crippen LogP contribution < -0.4 is 0 Å². The number of halogens is 2. The minimum absolute atomic E-state index is 0.0546. The van der Waals surface area contributed by atoms with Crippen LogP contribution in [0.1, 0.15) is 23.2 Å². The number of aliphatic carboxylic acids is 1. The number of carbonyl (C=O) groups excluding carboxylic acids is 1. The maximum Gasteiger partial charge on any atom is 0.303 e. The Hall–Kier alpha value is -0.880. The topological polar surface area (TPSA) is 57.6 Å². The highest BCUT2D eigenvalue weighted by atomic mass is 79.9. The maximum atomic E-state index is 12.4. The van der Waals surface area contributed by atoms with Gasteiger partial charge in [0.25, 0.3) is 5.91 Å². The molecule has 0 radical (unpaired) electrons. The first-order valence-electron chi connectivity index (χ1n) is 5.93. The molecule has 0 bridgehead atoms. The van der Waals surface area contributed by atoms with E-state index in [0.717, 1.165) is 15.4 Å². The van der Waals surface area contributed by atoms with Crippen LogP contribution in [0, 0.1) is 5.92 Å². The number of carboxylic acids is 1. The van der Waals surface area contributed by atoms with Gasteiger partial charge in [-0.3, -0.25) is 9.59 Å². The number of amides is 1. The van der Waals surface area contributed by atoms with E-state index in [0.29, 0.717) is 18.7 Å². The van der Waals surface area contributed by atoms with Gasteiger partial charge in [-0.05, 0) is 46.5 Å². The van der Waals surface area contributed by atoms with Crippen molar-refractivity contribution >= 4 is 43.7 Å². The molecule has 1 aromatic rings. The smallest absolute Gasteiger partial charge is 0.303 e. The molecule has 1 aromatic carbocycles. The van der Waals surface area contributed by atoms with Gasteiger partial charge in [-0.2, -0.15) is 0 Å². The fourth-order valence-corrected chi connectivity index (χ4v) is 3.04. The number of carboxylic acid groups (broad SMARTS) is 1. The number of likely N-dealkylation sites (tertiary alicyclic amines) is 1. The summed E-state index contributed by atoms with van der Waals surface area (Å²) in [5.74, 6) is -0.795. The molecule has 1 atom stereocenters. The highest BCUT2D eigenvalue weighted by molar-refractivity contribution is 9.11. The maximum absolute atomic E-state index is 12.4. The molecule has 0 saturated carbocycles. The Balaban J connectivity index is 2.09. The van der Waals surface area contributed by atoms with E-state index in [1.54, 1.807) is 11.0 Å². The second-order valence-electron chi connectivity index (χ2n) is 4.63. The molecule has 19 heavy (non-hydrogen) atoms. The zero-order chi connectivity index (χ0) is 14.0. The average Bonchev–Trinajstić information content (AvgIpc) is 2.79. The molecule has 102 valence electrons. The third-order valence-electron chi connectivity index (χ3n) is 3.20. The summed E-state index contributed by atoms with van der Waals surface area (Å²) in [5.41, 5.74) is 0.602. The Bertz CT molecular complexity index is 519. The zero-order valence-corrected chi connectivity index (χ0v) is 13.3. The van der Waals surface area contributed by atoms with Gasteiger partial charge in [-0.15, -0.1) is 0 Å². The van der Waals surface area contributed by atoms with Gasteiger partial charge in [0.05, 0.1) is 5.56 Å². The van der Waals surface area contributed by atoms with E-state index < -0.39 is 5.97 Å². The SMILES string of the molecule is O=C(O)CC1CCN(C(=O)c2cc(Br)ccc2Br)C1. The number of carbonyl (C=O) groups is 2. The van der Waals surface area contributed by atoms with E-state index >= 15 is 0 Å². The van der Waals surface area contributed by atoms with Crippen molar-refractivity contribution in [2.45, 2.75) is 12.8 Å². The molecule has 1 fully saturated rings. The van der Waals surface area contributed by atoms with E-state index in [1.807, 2.05) is 12.1 Å². The first-order valence-corrected chi connectivity index (χ1v) is 7.52. The summed E-state index contributed by atoms with van der Waals surface area (Å²) < 4.78 is 1.60. The van der Waals surface area contributed by atoms with Crippen molar-refractivity contribution in [3.63, 3.8) is 0 Å². The summed E-state index contributed by atoms with van der Waals surface area (Å²) in [6.45, 7) is 1.14. The lowest BCUT2D eigenvalue weighted by Crippen LogP contribution is -2.29. The van der Waals surface area contributed by atoms with Gasteiger partial charge in [0, 0.05) is 28.5 Å². The van der Waals surface area contributed by atoms with Gasteiger partial charge < -0.3 is 10.0 Å². The van der Waals surface area contributed by atoms with Crippen molar-refractivity contribution in [1.82, 2.24) is 4.90 Å². The van der Waals surface area contributed by atoms with Crippen molar-refractivity contribution in [3.8, 4) is 0 Å². The highest BCUT2D eigenvalue weighted by Crippen LogP contribution is 2.26. The van der Waals surface area contributed by atoms with Crippen molar-refractivity contribution in [3.05, 3.63) is 32.7 Å². The minimum atomic E-state index is -0.803. The third-order valence-corrected chi connectivity index (χ3v) is 4.38. The molecular formula is C13H13Br2NO3. The van der Waals surface area contributed by atoms with Crippen molar-refractivity contribution in [2.75, 3.05) is 13.1 Å². The quantitative estimate of drug-likeness (QED) is 0.862. The molecule has 0 aliphatic carbocycles. The van der Waals surface area contributed by atoms with Crippen LogP contribution in [-0.2, 0) is 4.79 Å². The first kappa shape index (κ1) is 14.5. The molecule has 1 N–H and O–H groups in total. The van der Waals surface area contributed by atoms with Crippen LogP contribution >= 0.6 is 31.9 Å². The standard InChI is InChI=1S/C13H13Br2NO3/c14-9-1-2-11(15)10(6-9)13(19)16-4-3-8(7-16)5-12(17)18/h1-2,6,8H,3-5,7H2,(H,17,18). The second-order valence-corrected chi connectivity index (χ2v) is 6.40. The van der Waals surface area contributed by atoms with Crippen molar-refractivity contribution in [2.24, 2.45) is 5.92 Å². The second kappa shape index (κ2) is 6.05. The Morgan fingerprint density at radius 2 is 2.11 bits per heavy atom. The fraction of sp³-hybridized carbons (Fsp3) is 0.385. The van der Waals surface area contributed by atoms with Gasteiger partial charge in [-0.1, -0.05) is 15.9 Å². The normalized spacial score (nSPS) is 18.6. The van der Waals surface area contributed by atoms with Crippen LogP contribution in [0.25, 0.3) is 0 Å². The molecule has 0 spiro atoms. The van der Waals surface area contributed by atoms with Crippen LogP contribution in [0.5, 0.6) is 0 Å². The third kappa shape index (κ3) is 3.57. The fourth-order valence-electron chi connectivity index (χ4n) is 2.26. The Morgan fingerprint density at radius 3 is 2.79 bits per heavy atom. The summed E-state index contributed by atoms with van der Waals surface area (Å²) in [6, 6.07) is 5.46. The molecule has 2 rings (SSSR count). The molecule has 1 unspecified atom stereocenters. The van der Waals surface area contributed by atoms with Gasteiger partial charge in [0.1, 0.15) is 0 Å². The van der Waals surface area contributed by atoms with Crippen LogP contribution in [-0.4, -0.2) is 35.0 Å². The minimum Gasteiger partial charge on any atom is -0.481 e. The lowest BCUT2D eigenvalue weighted by atomic mass is 10.1. The van der Waals surface area contributed by atoms with Gasteiger partial charge in [-0.25, -0.2) is 0 Å². The monoisotopic (exact) mass is 389 g/mol. The summed E-state index contributed by atoms with van der Waals surface area (Å²) >= 11 is 6.72. The van der Waals surface area contributed by atoms with E-state index in [4.69, 9.17) is 5.11 Å². The molecule has 1 saturated heterocycles. The van der Waals surface area contributed by atoms with Crippen molar-refractivity contribution < 1.29 is 14.7 Å². The number of rotatable bonds is 3.